The van der Waals surface area contributed by atoms with Gasteiger partial charge in [0.2, 0.25) is 0 Å². The van der Waals surface area contributed by atoms with Crippen LogP contribution in [0.3, 0.4) is 0 Å². The molecule has 4 heteroatoms. The van der Waals surface area contributed by atoms with E-state index in [-0.39, 0.29) is 0 Å². The topological polar surface area (TPSA) is 33.1 Å². The summed E-state index contributed by atoms with van der Waals surface area (Å²) < 4.78 is 2.12. The maximum absolute atomic E-state index is 4.84. The first kappa shape index (κ1) is 14.5. The highest BCUT2D eigenvalue weighted by Crippen LogP contribution is 2.21. The third-order valence-electron chi connectivity index (χ3n) is 4.66. The third kappa shape index (κ3) is 2.83. The van der Waals surface area contributed by atoms with E-state index in [9.17, 15) is 0 Å². The molecule has 2 atom stereocenters. The summed E-state index contributed by atoms with van der Waals surface area (Å²) in [5.41, 5.74) is 2.47. The molecule has 4 nitrogen and oxygen atoms in total. The molecule has 2 heterocycles. The lowest BCUT2D eigenvalue weighted by Crippen LogP contribution is -2.54. The van der Waals surface area contributed by atoms with Crippen LogP contribution in [0.25, 0.3) is 10.9 Å². The van der Waals surface area contributed by atoms with Crippen LogP contribution in [0.1, 0.15) is 32.9 Å². The summed E-state index contributed by atoms with van der Waals surface area (Å²) in [4.78, 5) is 2.57. The van der Waals surface area contributed by atoms with Crippen LogP contribution in [0.5, 0.6) is 0 Å². The van der Waals surface area contributed by atoms with Gasteiger partial charge < -0.3 is 5.32 Å². The first-order chi connectivity index (χ1) is 10.2. The van der Waals surface area contributed by atoms with Crippen LogP contribution in [0.4, 0.5) is 0 Å². The number of benzene rings is 1. The van der Waals surface area contributed by atoms with E-state index in [1.165, 1.54) is 23.0 Å². The van der Waals surface area contributed by atoms with Crippen LogP contribution in [0, 0.1) is 0 Å². The zero-order valence-corrected chi connectivity index (χ0v) is 13.3. The fourth-order valence-electron chi connectivity index (χ4n) is 3.23. The van der Waals surface area contributed by atoms with Gasteiger partial charge in [0, 0.05) is 43.6 Å². The Bertz CT molecular complexity index is 604. The van der Waals surface area contributed by atoms with E-state index in [0.29, 0.717) is 12.1 Å². The number of nitrogens with zero attached hydrogens (tertiary/aromatic N) is 3. The van der Waals surface area contributed by atoms with Crippen molar-refractivity contribution < 1.29 is 0 Å². The number of hydrogen-bond donors (Lipinski definition) is 1. The molecule has 1 aliphatic rings. The average Bonchev–Trinajstić information content (AvgIpc) is 2.88. The minimum Gasteiger partial charge on any atom is -0.311 e. The molecule has 0 spiro atoms. The molecule has 3 rings (SSSR count). The quantitative estimate of drug-likeness (QED) is 0.938. The van der Waals surface area contributed by atoms with Crippen LogP contribution >= 0.6 is 0 Å². The number of aryl methyl sites for hydroxylation is 1. The highest BCUT2D eigenvalue weighted by Gasteiger charge is 2.25. The molecule has 1 fully saturated rings. The minimum absolute atomic E-state index is 0.568. The van der Waals surface area contributed by atoms with Crippen molar-refractivity contribution in [3.05, 3.63) is 30.0 Å². The van der Waals surface area contributed by atoms with Gasteiger partial charge in [0.05, 0.1) is 11.2 Å². The Morgan fingerprint density at radius 3 is 2.86 bits per heavy atom. The van der Waals surface area contributed by atoms with Crippen LogP contribution in [0.15, 0.2) is 24.3 Å². The largest absolute Gasteiger partial charge is 0.311 e. The predicted molar refractivity (Wildman–Crippen MR) is 87.4 cm³/mol. The van der Waals surface area contributed by atoms with Crippen LogP contribution in [-0.2, 0) is 13.1 Å². The molecule has 0 aliphatic carbocycles. The molecule has 0 radical (unpaired) electrons. The lowest BCUT2D eigenvalue weighted by molar-refractivity contribution is 0.130. The lowest BCUT2D eigenvalue weighted by Gasteiger charge is -2.38. The Kier molecular flexibility index (Phi) is 4.27. The molecule has 1 aliphatic heterocycles. The first-order valence-corrected chi connectivity index (χ1v) is 8.14. The van der Waals surface area contributed by atoms with Gasteiger partial charge in [-0.15, -0.1) is 0 Å². The zero-order chi connectivity index (χ0) is 14.8. The van der Waals surface area contributed by atoms with Gasteiger partial charge in [0.1, 0.15) is 0 Å². The Hall–Kier alpha value is -1.39. The van der Waals surface area contributed by atoms with Crippen molar-refractivity contribution >= 4 is 10.9 Å². The van der Waals surface area contributed by atoms with Crippen molar-refractivity contribution in [3.8, 4) is 0 Å². The highest BCUT2D eigenvalue weighted by molar-refractivity contribution is 5.81. The molecule has 0 bridgehead atoms. The van der Waals surface area contributed by atoms with E-state index in [1.807, 2.05) is 0 Å². The van der Waals surface area contributed by atoms with Gasteiger partial charge in [-0.3, -0.25) is 9.58 Å². The van der Waals surface area contributed by atoms with E-state index in [0.717, 1.165) is 26.2 Å². The number of aromatic nitrogens is 2. The van der Waals surface area contributed by atoms with Gasteiger partial charge in [-0.1, -0.05) is 25.1 Å². The van der Waals surface area contributed by atoms with E-state index in [1.54, 1.807) is 0 Å². The first-order valence-electron chi connectivity index (χ1n) is 8.14. The zero-order valence-electron chi connectivity index (χ0n) is 13.3. The molecular weight excluding hydrogens is 260 g/mol. The summed E-state index contributed by atoms with van der Waals surface area (Å²) in [6.45, 7) is 10.8. The maximum atomic E-state index is 4.84. The Morgan fingerprint density at radius 1 is 1.29 bits per heavy atom. The summed E-state index contributed by atoms with van der Waals surface area (Å²) in [6.07, 6.45) is 1.19. The van der Waals surface area contributed by atoms with E-state index < -0.39 is 0 Å². The molecule has 1 saturated heterocycles. The van der Waals surface area contributed by atoms with E-state index in [2.05, 4.69) is 59.9 Å². The monoisotopic (exact) mass is 286 g/mol. The van der Waals surface area contributed by atoms with Gasteiger partial charge in [-0.25, -0.2) is 0 Å². The highest BCUT2D eigenvalue weighted by atomic mass is 15.3. The van der Waals surface area contributed by atoms with Gasteiger partial charge in [0.15, 0.2) is 0 Å². The SMILES string of the molecule is CCC1CN(Cc2nn(CC)c3ccccc23)C(C)CN1. The van der Waals surface area contributed by atoms with Gasteiger partial charge in [-0.2, -0.15) is 5.10 Å². The third-order valence-corrected chi connectivity index (χ3v) is 4.66. The van der Waals surface area contributed by atoms with Gasteiger partial charge in [0.25, 0.3) is 0 Å². The summed E-state index contributed by atoms with van der Waals surface area (Å²) in [7, 11) is 0. The molecule has 2 unspecified atom stereocenters. The van der Waals surface area contributed by atoms with E-state index >= 15 is 0 Å². The Balaban J connectivity index is 1.87. The normalized spacial score (nSPS) is 23.8. The van der Waals surface area contributed by atoms with Gasteiger partial charge in [-0.05, 0) is 26.3 Å². The fourth-order valence-corrected chi connectivity index (χ4v) is 3.23. The second kappa shape index (κ2) is 6.16. The molecule has 114 valence electrons. The number of nitrogens with one attached hydrogen (secondary N) is 1. The summed E-state index contributed by atoms with van der Waals surface area (Å²) in [5, 5.41) is 9.77. The maximum Gasteiger partial charge on any atom is 0.0843 e. The predicted octanol–water partition coefficient (Wildman–Crippen LogP) is 2.63. The summed E-state index contributed by atoms with van der Waals surface area (Å²) in [6, 6.07) is 9.77. The second-order valence-corrected chi connectivity index (χ2v) is 6.07. The van der Waals surface area contributed by atoms with Crippen molar-refractivity contribution in [1.82, 2.24) is 20.0 Å². The van der Waals surface area contributed by atoms with Crippen molar-refractivity contribution in [2.45, 2.75) is 52.4 Å². The fraction of sp³-hybridized carbons (Fsp3) is 0.588. The van der Waals surface area contributed by atoms with Crippen molar-refractivity contribution in [3.63, 3.8) is 0 Å². The van der Waals surface area contributed by atoms with Crippen LogP contribution in [0.2, 0.25) is 0 Å². The van der Waals surface area contributed by atoms with Gasteiger partial charge >= 0.3 is 0 Å². The molecule has 0 saturated carbocycles. The Labute approximate surface area is 127 Å². The standard InChI is InChI=1S/C17H26N4/c1-4-14-11-20(13(3)10-18-14)12-16-15-8-6-7-9-17(15)21(5-2)19-16/h6-9,13-14,18H,4-5,10-12H2,1-3H3. The lowest BCUT2D eigenvalue weighted by atomic mass is 10.1. The number of piperazine rings is 1. The molecular formula is C17H26N4. The molecule has 1 aromatic carbocycles. The van der Waals surface area contributed by atoms with E-state index in [4.69, 9.17) is 5.10 Å². The average molecular weight is 286 g/mol. The molecule has 0 amide bonds. The summed E-state index contributed by atoms with van der Waals surface area (Å²) >= 11 is 0. The van der Waals surface area contributed by atoms with Crippen molar-refractivity contribution in [2.75, 3.05) is 13.1 Å². The number of para-hydroxylation sites is 1. The number of rotatable bonds is 4. The van der Waals surface area contributed by atoms with Crippen molar-refractivity contribution in [1.29, 1.82) is 0 Å². The summed E-state index contributed by atoms with van der Waals surface area (Å²) in [5.74, 6) is 0. The Morgan fingerprint density at radius 2 is 2.10 bits per heavy atom. The molecule has 2 aromatic rings. The minimum atomic E-state index is 0.568. The smallest absolute Gasteiger partial charge is 0.0843 e. The number of hydrogen-bond acceptors (Lipinski definition) is 3. The van der Waals surface area contributed by atoms with Crippen LogP contribution in [-0.4, -0.2) is 39.9 Å². The second-order valence-electron chi connectivity index (χ2n) is 6.07. The molecule has 21 heavy (non-hydrogen) atoms. The number of fused-ring (bicyclic) bond motifs is 1. The van der Waals surface area contributed by atoms with Crippen molar-refractivity contribution in [2.24, 2.45) is 0 Å². The molecule has 1 aromatic heterocycles. The molecule has 1 N–H and O–H groups in total. The van der Waals surface area contributed by atoms with Crippen LogP contribution < -0.4 is 5.32 Å².